The molecule has 2 amide bonds. The molecule has 0 aliphatic carbocycles. The summed E-state index contributed by atoms with van der Waals surface area (Å²) in [6.07, 6.45) is 3.09. The molecule has 0 spiro atoms. The summed E-state index contributed by atoms with van der Waals surface area (Å²) in [5, 5.41) is 4.20. The summed E-state index contributed by atoms with van der Waals surface area (Å²) in [4.78, 5) is 31.0. The molecule has 1 fully saturated rings. The van der Waals surface area contributed by atoms with Crippen molar-refractivity contribution in [3.63, 3.8) is 0 Å². The fraction of sp³-hybridized carbons (Fsp3) is 0.231. The maximum Gasteiger partial charge on any atom is 0.257 e. The monoisotopic (exact) mass is 427 g/mol. The van der Waals surface area contributed by atoms with Gasteiger partial charge in [-0.3, -0.25) is 9.59 Å². The zero-order chi connectivity index (χ0) is 22.1. The molecular formula is C26H25N3O3. The van der Waals surface area contributed by atoms with Crippen molar-refractivity contribution >= 4 is 28.4 Å². The molecule has 162 valence electrons. The van der Waals surface area contributed by atoms with Crippen LogP contribution in [-0.4, -0.2) is 34.8 Å². The third-order valence-corrected chi connectivity index (χ3v) is 6.14. The number of piperidine rings is 1. The average Bonchev–Trinajstić information content (AvgIpc) is 3.45. The van der Waals surface area contributed by atoms with E-state index in [9.17, 15) is 9.59 Å². The number of aromatic amines is 1. The summed E-state index contributed by atoms with van der Waals surface area (Å²) in [6.45, 7) is 2.85. The van der Waals surface area contributed by atoms with Gasteiger partial charge in [0, 0.05) is 40.9 Å². The van der Waals surface area contributed by atoms with Crippen LogP contribution in [0.1, 0.15) is 29.0 Å². The Hall–Kier alpha value is -3.80. The summed E-state index contributed by atoms with van der Waals surface area (Å²) in [5.74, 6) is 0.238. The summed E-state index contributed by atoms with van der Waals surface area (Å²) in [5.41, 5.74) is 4.41. The van der Waals surface area contributed by atoms with E-state index in [1.54, 1.807) is 17.9 Å². The van der Waals surface area contributed by atoms with E-state index in [1.807, 2.05) is 42.5 Å². The SMILES string of the molecule is Cc1occc1C(=O)N1CCC[C@@H](C(=O)Nc2cccc(-c3cc4ccccc4[nH]3)c2)C1. The van der Waals surface area contributed by atoms with Gasteiger partial charge in [-0.25, -0.2) is 0 Å². The highest BCUT2D eigenvalue weighted by Gasteiger charge is 2.30. The van der Waals surface area contributed by atoms with Gasteiger partial charge in [0.25, 0.3) is 5.91 Å². The molecule has 2 aromatic heterocycles. The highest BCUT2D eigenvalue weighted by Crippen LogP contribution is 2.27. The van der Waals surface area contributed by atoms with Crippen LogP contribution in [0.3, 0.4) is 0 Å². The number of likely N-dealkylation sites (tertiary alicyclic amines) is 1. The summed E-state index contributed by atoms with van der Waals surface area (Å²) in [6, 6.07) is 19.8. The largest absolute Gasteiger partial charge is 0.469 e. The van der Waals surface area contributed by atoms with Gasteiger partial charge in [0.15, 0.2) is 0 Å². The predicted molar refractivity (Wildman–Crippen MR) is 124 cm³/mol. The molecular weight excluding hydrogens is 402 g/mol. The van der Waals surface area contributed by atoms with Crippen molar-refractivity contribution in [1.82, 2.24) is 9.88 Å². The first-order chi connectivity index (χ1) is 15.6. The minimum atomic E-state index is -0.239. The van der Waals surface area contributed by atoms with Gasteiger partial charge in [0.1, 0.15) is 5.76 Å². The van der Waals surface area contributed by atoms with E-state index < -0.39 is 0 Å². The molecule has 4 aromatic rings. The summed E-state index contributed by atoms with van der Waals surface area (Å²) in [7, 11) is 0. The number of rotatable bonds is 4. The molecule has 0 bridgehead atoms. The maximum absolute atomic E-state index is 13.0. The zero-order valence-corrected chi connectivity index (χ0v) is 17.9. The minimum absolute atomic E-state index is 0.0554. The first-order valence-electron chi connectivity index (χ1n) is 10.9. The van der Waals surface area contributed by atoms with Gasteiger partial charge in [-0.15, -0.1) is 0 Å². The van der Waals surface area contributed by atoms with Crippen molar-refractivity contribution in [2.75, 3.05) is 18.4 Å². The second-order valence-electron chi connectivity index (χ2n) is 8.32. The molecule has 0 unspecified atom stereocenters. The van der Waals surface area contributed by atoms with E-state index in [1.165, 1.54) is 6.26 Å². The number of hydrogen-bond acceptors (Lipinski definition) is 3. The van der Waals surface area contributed by atoms with E-state index in [0.29, 0.717) is 24.4 Å². The van der Waals surface area contributed by atoms with E-state index in [0.717, 1.165) is 40.7 Å². The quantitative estimate of drug-likeness (QED) is 0.468. The molecule has 6 heteroatoms. The van der Waals surface area contributed by atoms with Crippen LogP contribution < -0.4 is 5.32 Å². The number of H-pyrrole nitrogens is 1. The lowest BCUT2D eigenvalue weighted by Crippen LogP contribution is -2.43. The molecule has 6 nitrogen and oxygen atoms in total. The number of para-hydroxylation sites is 1. The Bertz CT molecular complexity index is 1250. The molecule has 2 aromatic carbocycles. The Kier molecular flexibility index (Phi) is 5.27. The van der Waals surface area contributed by atoms with Crippen LogP contribution in [-0.2, 0) is 4.79 Å². The number of anilines is 1. The number of fused-ring (bicyclic) bond motifs is 1. The first-order valence-corrected chi connectivity index (χ1v) is 10.9. The van der Waals surface area contributed by atoms with Gasteiger partial charge >= 0.3 is 0 Å². The number of amides is 2. The fourth-order valence-electron chi connectivity index (χ4n) is 4.39. The number of aryl methyl sites for hydroxylation is 1. The zero-order valence-electron chi connectivity index (χ0n) is 17.9. The smallest absolute Gasteiger partial charge is 0.257 e. The van der Waals surface area contributed by atoms with E-state index in [4.69, 9.17) is 4.42 Å². The second kappa shape index (κ2) is 8.38. The van der Waals surface area contributed by atoms with Gasteiger partial charge in [0.05, 0.1) is 17.7 Å². The average molecular weight is 428 g/mol. The van der Waals surface area contributed by atoms with Crippen LogP contribution in [0, 0.1) is 12.8 Å². The number of carbonyl (C=O) groups is 2. The Labute approximate surface area is 186 Å². The topological polar surface area (TPSA) is 78.3 Å². The number of hydrogen-bond donors (Lipinski definition) is 2. The third kappa shape index (κ3) is 3.91. The van der Waals surface area contributed by atoms with Crippen molar-refractivity contribution in [2.24, 2.45) is 5.92 Å². The van der Waals surface area contributed by atoms with Crippen LogP contribution in [0.15, 0.2) is 71.3 Å². The molecule has 1 aliphatic rings. The van der Waals surface area contributed by atoms with Crippen LogP contribution >= 0.6 is 0 Å². The van der Waals surface area contributed by atoms with Crippen LogP contribution in [0.25, 0.3) is 22.2 Å². The molecule has 1 saturated heterocycles. The molecule has 1 atom stereocenters. The van der Waals surface area contributed by atoms with Gasteiger partial charge in [-0.1, -0.05) is 30.3 Å². The lowest BCUT2D eigenvalue weighted by Gasteiger charge is -2.32. The van der Waals surface area contributed by atoms with Crippen molar-refractivity contribution in [2.45, 2.75) is 19.8 Å². The van der Waals surface area contributed by atoms with Crippen molar-refractivity contribution in [3.8, 4) is 11.3 Å². The third-order valence-electron chi connectivity index (χ3n) is 6.14. The lowest BCUT2D eigenvalue weighted by molar-refractivity contribution is -0.121. The van der Waals surface area contributed by atoms with Crippen molar-refractivity contribution in [1.29, 1.82) is 0 Å². The number of carbonyl (C=O) groups excluding carboxylic acids is 2. The van der Waals surface area contributed by atoms with Gasteiger partial charge in [-0.2, -0.15) is 0 Å². The molecule has 3 heterocycles. The first kappa shape index (κ1) is 20.1. The van der Waals surface area contributed by atoms with Gasteiger partial charge < -0.3 is 19.6 Å². The highest BCUT2D eigenvalue weighted by atomic mass is 16.3. The standard InChI is InChI=1S/C26H25N3O3/c1-17-22(11-13-32-17)26(31)29-12-5-8-20(16-29)25(30)27-21-9-4-7-18(14-21)24-15-19-6-2-3-10-23(19)28-24/h2-4,6-7,9-11,13-15,20,28H,5,8,12,16H2,1H3,(H,27,30)/t20-/m1/s1. The number of nitrogens with one attached hydrogen (secondary N) is 2. The predicted octanol–water partition coefficient (Wildman–Crippen LogP) is 5.23. The summed E-state index contributed by atoms with van der Waals surface area (Å²) < 4.78 is 5.27. The van der Waals surface area contributed by atoms with Crippen molar-refractivity contribution < 1.29 is 14.0 Å². The van der Waals surface area contributed by atoms with Crippen LogP contribution in [0.4, 0.5) is 5.69 Å². The van der Waals surface area contributed by atoms with E-state index in [2.05, 4.69) is 22.4 Å². The van der Waals surface area contributed by atoms with Crippen LogP contribution in [0.5, 0.6) is 0 Å². The minimum Gasteiger partial charge on any atom is -0.469 e. The fourth-order valence-corrected chi connectivity index (χ4v) is 4.39. The highest BCUT2D eigenvalue weighted by molar-refractivity contribution is 5.97. The lowest BCUT2D eigenvalue weighted by atomic mass is 9.96. The number of aromatic nitrogens is 1. The molecule has 32 heavy (non-hydrogen) atoms. The van der Waals surface area contributed by atoms with E-state index >= 15 is 0 Å². The summed E-state index contributed by atoms with van der Waals surface area (Å²) >= 11 is 0. The molecule has 0 radical (unpaired) electrons. The number of nitrogens with zero attached hydrogens (tertiary/aromatic N) is 1. The second-order valence-corrected chi connectivity index (χ2v) is 8.32. The Balaban J connectivity index is 1.29. The number of furan rings is 1. The maximum atomic E-state index is 13.0. The number of benzene rings is 2. The van der Waals surface area contributed by atoms with E-state index in [-0.39, 0.29) is 17.7 Å². The van der Waals surface area contributed by atoms with Gasteiger partial charge in [-0.05, 0) is 50.1 Å². The van der Waals surface area contributed by atoms with Gasteiger partial charge in [0.2, 0.25) is 5.91 Å². The Morgan fingerprint density at radius 3 is 2.78 bits per heavy atom. The molecule has 5 rings (SSSR count). The van der Waals surface area contributed by atoms with Crippen molar-refractivity contribution in [3.05, 3.63) is 78.3 Å². The Morgan fingerprint density at radius 2 is 1.97 bits per heavy atom. The van der Waals surface area contributed by atoms with Crippen LogP contribution in [0.2, 0.25) is 0 Å². The molecule has 0 saturated carbocycles. The molecule has 2 N–H and O–H groups in total. The molecule has 1 aliphatic heterocycles. The Morgan fingerprint density at radius 1 is 1.09 bits per heavy atom. The normalized spacial score (nSPS) is 16.3.